The van der Waals surface area contributed by atoms with E-state index in [-0.39, 0.29) is 12.5 Å². The SMILES string of the molecule is Cc1nc(CNC(=O)c2cc(Br)cc(N)c2C)no1. The number of amides is 1. The summed E-state index contributed by atoms with van der Waals surface area (Å²) in [6.45, 7) is 3.70. The van der Waals surface area contributed by atoms with Gasteiger partial charge >= 0.3 is 0 Å². The Kier molecular flexibility index (Phi) is 3.84. The van der Waals surface area contributed by atoms with E-state index in [1.165, 1.54) is 0 Å². The van der Waals surface area contributed by atoms with Crippen molar-refractivity contribution in [2.24, 2.45) is 0 Å². The van der Waals surface area contributed by atoms with Crippen molar-refractivity contribution in [3.63, 3.8) is 0 Å². The van der Waals surface area contributed by atoms with Gasteiger partial charge in [0, 0.05) is 22.6 Å². The van der Waals surface area contributed by atoms with Gasteiger partial charge in [0.25, 0.3) is 5.91 Å². The van der Waals surface area contributed by atoms with Crippen molar-refractivity contribution >= 4 is 27.5 Å². The molecule has 100 valence electrons. The number of aryl methyl sites for hydroxylation is 1. The predicted molar refractivity (Wildman–Crippen MR) is 73.5 cm³/mol. The standard InChI is InChI=1S/C12H13BrN4O2/c1-6-9(3-8(13)4-10(6)14)12(18)15-5-11-16-7(2)19-17-11/h3-4H,5,14H2,1-2H3,(H,15,18). The molecule has 2 rings (SSSR count). The van der Waals surface area contributed by atoms with E-state index >= 15 is 0 Å². The van der Waals surface area contributed by atoms with Crippen LogP contribution in [0.4, 0.5) is 5.69 Å². The van der Waals surface area contributed by atoms with E-state index in [1.807, 2.05) is 0 Å². The van der Waals surface area contributed by atoms with Crippen molar-refractivity contribution in [3.8, 4) is 0 Å². The van der Waals surface area contributed by atoms with E-state index in [0.29, 0.717) is 23.0 Å². The fourth-order valence-corrected chi connectivity index (χ4v) is 2.08. The Morgan fingerprint density at radius 3 is 2.84 bits per heavy atom. The van der Waals surface area contributed by atoms with E-state index in [9.17, 15) is 4.79 Å². The van der Waals surface area contributed by atoms with Crippen LogP contribution in [-0.4, -0.2) is 16.0 Å². The third-order valence-corrected chi connectivity index (χ3v) is 3.09. The number of halogens is 1. The summed E-state index contributed by atoms with van der Waals surface area (Å²) in [5.74, 6) is 0.673. The zero-order valence-electron chi connectivity index (χ0n) is 10.5. The van der Waals surface area contributed by atoms with Gasteiger partial charge in [-0.1, -0.05) is 21.1 Å². The van der Waals surface area contributed by atoms with Gasteiger partial charge in [-0.2, -0.15) is 4.98 Å². The molecule has 0 bridgehead atoms. The minimum Gasteiger partial charge on any atom is -0.398 e. The number of hydrogen-bond donors (Lipinski definition) is 2. The van der Waals surface area contributed by atoms with Gasteiger partial charge in [-0.15, -0.1) is 0 Å². The van der Waals surface area contributed by atoms with Crippen molar-refractivity contribution in [2.75, 3.05) is 5.73 Å². The van der Waals surface area contributed by atoms with Crippen LogP contribution in [0.15, 0.2) is 21.1 Å². The quantitative estimate of drug-likeness (QED) is 0.841. The van der Waals surface area contributed by atoms with Crippen molar-refractivity contribution < 1.29 is 9.32 Å². The number of aromatic nitrogens is 2. The van der Waals surface area contributed by atoms with Crippen molar-refractivity contribution in [1.82, 2.24) is 15.5 Å². The van der Waals surface area contributed by atoms with E-state index < -0.39 is 0 Å². The van der Waals surface area contributed by atoms with E-state index in [1.54, 1.807) is 26.0 Å². The third kappa shape index (κ3) is 3.11. The number of carbonyl (C=O) groups is 1. The van der Waals surface area contributed by atoms with Crippen LogP contribution in [0.25, 0.3) is 0 Å². The average molecular weight is 325 g/mol. The van der Waals surface area contributed by atoms with Crippen LogP contribution in [0, 0.1) is 13.8 Å². The van der Waals surface area contributed by atoms with Crippen LogP contribution in [-0.2, 0) is 6.54 Å². The number of hydrogen-bond acceptors (Lipinski definition) is 5. The zero-order chi connectivity index (χ0) is 14.0. The molecular weight excluding hydrogens is 312 g/mol. The molecule has 0 aliphatic carbocycles. The van der Waals surface area contributed by atoms with Gasteiger partial charge in [0.15, 0.2) is 5.82 Å². The van der Waals surface area contributed by atoms with E-state index in [0.717, 1.165) is 10.0 Å². The number of nitrogens with zero attached hydrogens (tertiary/aromatic N) is 2. The Morgan fingerprint density at radius 2 is 2.21 bits per heavy atom. The lowest BCUT2D eigenvalue weighted by molar-refractivity contribution is 0.0949. The molecule has 7 heteroatoms. The van der Waals surface area contributed by atoms with Crippen molar-refractivity contribution in [3.05, 3.63) is 39.4 Å². The summed E-state index contributed by atoms with van der Waals surface area (Å²) < 4.78 is 5.58. The maximum absolute atomic E-state index is 12.1. The normalized spacial score (nSPS) is 10.5. The molecule has 3 N–H and O–H groups in total. The lowest BCUT2D eigenvalue weighted by atomic mass is 10.1. The number of carbonyl (C=O) groups excluding carboxylic acids is 1. The molecule has 0 aliphatic rings. The molecule has 0 unspecified atom stereocenters. The summed E-state index contributed by atoms with van der Waals surface area (Å²) in [5.41, 5.74) is 7.65. The molecular formula is C12H13BrN4O2. The number of nitrogens with one attached hydrogen (secondary N) is 1. The van der Waals surface area contributed by atoms with Gasteiger partial charge < -0.3 is 15.6 Å². The van der Waals surface area contributed by atoms with Crippen LogP contribution in [0.2, 0.25) is 0 Å². The van der Waals surface area contributed by atoms with Crippen LogP contribution in [0.5, 0.6) is 0 Å². The largest absolute Gasteiger partial charge is 0.398 e. The van der Waals surface area contributed by atoms with Gasteiger partial charge in [-0.05, 0) is 24.6 Å². The average Bonchev–Trinajstić information content (AvgIpc) is 2.76. The minimum atomic E-state index is -0.229. The van der Waals surface area contributed by atoms with Crippen molar-refractivity contribution in [2.45, 2.75) is 20.4 Å². The molecule has 0 aliphatic heterocycles. The van der Waals surface area contributed by atoms with Gasteiger partial charge in [0.1, 0.15) is 0 Å². The summed E-state index contributed by atoms with van der Waals surface area (Å²) >= 11 is 3.32. The fourth-order valence-electron chi connectivity index (χ4n) is 1.60. The maximum atomic E-state index is 12.1. The highest BCUT2D eigenvalue weighted by Gasteiger charge is 2.13. The Labute approximate surface area is 118 Å². The summed E-state index contributed by atoms with van der Waals surface area (Å²) in [7, 11) is 0. The highest BCUT2D eigenvalue weighted by atomic mass is 79.9. The molecule has 0 saturated heterocycles. The van der Waals surface area contributed by atoms with Crippen LogP contribution < -0.4 is 11.1 Å². The second-order valence-electron chi connectivity index (χ2n) is 4.08. The lowest BCUT2D eigenvalue weighted by Gasteiger charge is -2.09. The molecule has 1 aromatic carbocycles. The second kappa shape index (κ2) is 5.40. The Hall–Kier alpha value is -1.89. The first kappa shape index (κ1) is 13.5. The smallest absolute Gasteiger partial charge is 0.252 e. The Bertz CT molecular complexity index is 624. The number of nitrogen functional groups attached to an aromatic ring is 1. The van der Waals surface area contributed by atoms with Gasteiger partial charge in [-0.3, -0.25) is 4.79 Å². The number of anilines is 1. The molecule has 6 nitrogen and oxygen atoms in total. The van der Waals surface area contributed by atoms with E-state index in [4.69, 9.17) is 10.3 Å². The summed E-state index contributed by atoms with van der Waals surface area (Å²) in [4.78, 5) is 16.1. The topological polar surface area (TPSA) is 94.0 Å². The van der Waals surface area contributed by atoms with Crippen LogP contribution >= 0.6 is 15.9 Å². The molecule has 1 heterocycles. The molecule has 19 heavy (non-hydrogen) atoms. The van der Waals surface area contributed by atoms with Crippen LogP contribution in [0.3, 0.4) is 0 Å². The minimum absolute atomic E-state index is 0.210. The summed E-state index contributed by atoms with van der Waals surface area (Å²) in [6.07, 6.45) is 0. The first-order chi connectivity index (χ1) is 8.97. The molecule has 0 fully saturated rings. The molecule has 0 spiro atoms. The molecule has 2 aromatic rings. The molecule has 0 saturated carbocycles. The molecule has 0 atom stereocenters. The molecule has 1 amide bonds. The van der Waals surface area contributed by atoms with Gasteiger partial charge in [-0.25, -0.2) is 0 Å². The monoisotopic (exact) mass is 324 g/mol. The third-order valence-electron chi connectivity index (χ3n) is 2.63. The van der Waals surface area contributed by atoms with Gasteiger partial charge in [0.05, 0.1) is 6.54 Å². The highest BCUT2D eigenvalue weighted by Crippen LogP contribution is 2.22. The van der Waals surface area contributed by atoms with Crippen molar-refractivity contribution in [1.29, 1.82) is 0 Å². The maximum Gasteiger partial charge on any atom is 0.252 e. The Balaban J connectivity index is 2.12. The van der Waals surface area contributed by atoms with Gasteiger partial charge in [0.2, 0.25) is 5.89 Å². The Morgan fingerprint density at radius 1 is 1.47 bits per heavy atom. The predicted octanol–water partition coefficient (Wildman–Crippen LogP) is 1.96. The van der Waals surface area contributed by atoms with E-state index in [2.05, 4.69) is 31.4 Å². The number of nitrogens with two attached hydrogens (primary N) is 1. The highest BCUT2D eigenvalue weighted by molar-refractivity contribution is 9.10. The fraction of sp³-hybridized carbons (Fsp3) is 0.250. The summed E-state index contributed by atoms with van der Waals surface area (Å²) in [5, 5.41) is 6.43. The number of rotatable bonds is 3. The zero-order valence-corrected chi connectivity index (χ0v) is 12.1. The number of benzene rings is 1. The summed E-state index contributed by atoms with van der Waals surface area (Å²) in [6, 6.07) is 3.48. The first-order valence-electron chi connectivity index (χ1n) is 5.60. The second-order valence-corrected chi connectivity index (χ2v) is 5.00. The van der Waals surface area contributed by atoms with Crippen LogP contribution in [0.1, 0.15) is 27.6 Å². The molecule has 0 radical (unpaired) electrons. The molecule has 1 aromatic heterocycles. The first-order valence-corrected chi connectivity index (χ1v) is 6.39. The lowest BCUT2D eigenvalue weighted by Crippen LogP contribution is -2.24.